The van der Waals surface area contributed by atoms with Gasteiger partial charge in [0.05, 0.1) is 0 Å². The van der Waals surface area contributed by atoms with Crippen LogP contribution >= 0.6 is 0 Å². The number of unbranched alkanes of at least 4 members (excludes halogenated alkanes) is 2. The summed E-state index contributed by atoms with van der Waals surface area (Å²) in [7, 11) is 0. The largest absolute Gasteiger partial charge is 0.303 e. The molecule has 2 nitrogen and oxygen atoms in total. The quantitative estimate of drug-likeness (QED) is 0.702. The lowest BCUT2D eigenvalue weighted by Gasteiger charge is -2.46. The molecule has 0 aromatic rings. The van der Waals surface area contributed by atoms with Crippen molar-refractivity contribution < 1.29 is 0 Å². The van der Waals surface area contributed by atoms with Gasteiger partial charge in [0.15, 0.2) is 0 Å². The van der Waals surface area contributed by atoms with Crippen LogP contribution in [0, 0.1) is 11.8 Å². The number of hydrogen-bond acceptors (Lipinski definition) is 2. The molecule has 0 saturated carbocycles. The number of likely N-dealkylation sites (tertiary alicyclic amines) is 2. The van der Waals surface area contributed by atoms with Gasteiger partial charge in [0.25, 0.3) is 0 Å². The molecule has 0 atom stereocenters. The summed E-state index contributed by atoms with van der Waals surface area (Å²) in [4.78, 5) is 5.47. The molecular weight excluding hydrogens is 208 g/mol. The van der Waals surface area contributed by atoms with Crippen molar-refractivity contribution in [3.63, 3.8) is 0 Å². The molecule has 0 N–H and O–H groups in total. The Morgan fingerprint density at radius 3 is 1.53 bits per heavy atom. The monoisotopic (exact) mass is 238 g/mol. The van der Waals surface area contributed by atoms with E-state index in [0.29, 0.717) is 0 Å². The molecule has 2 aliphatic rings. The molecular formula is C15H30N2. The van der Waals surface area contributed by atoms with Crippen LogP contribution in [0.2, 0.25) is 0 Å². The molecule has 0 amide bonds. The van der Waals surface area contributed by atoms with Gasteiger partial charge in [-0.2, -0.15) is 0 Å². The van der Waals surface area contributed by atoms with E-state index in [-0.39, 0.29) is 0 Å². The Morgan fingerprint density at radius 2 is 1.18 bits per heavy atom. The van der Waals surface area contributed by atoms with Crippen molar-refractivity contribution in [1.82, 2.24) is 9.80 Å². The highest BCUT2D eigenvalue weighted by Gasteiger charge is 2.33. The minimum atomic E-state index is 0.969. The Bertz CT molecular complexity index is 183. The van der Waals surface area contributed by atoms with Crippen LogP contribution in [0.3, 0.4) is 0 Å². The fraction of sp³-hybridized carbons (Fsp3) is 1.00. The van der Waals surface area contributed by atoms with Crippen molar-refractivity contribution in [1.29, 1.82) is 0 Å². The highest BCUT2D eigenvalue weighted by molar-refractivity contribution is 4.87. The molecule has 0 unspecified atom stereocenters. The minimum Gasteiger partial charge on any atom is -0.303 e. The van der Waals surface area contributed by atoms with Crippen LogP contribution in [0.25, 0.3) is 0 Å². The van der Waals surface area contributed by atoms with Gasteiger partial charge < -0.3 is 9.80 Å². The summed E-state index contributed by atoms with van der Waals surface area (Å²) in [6.07, 6.45) is 6.96. The second-order valence-corrected chi connectivity index (χ2v) is 6.19. The van der Waals surface area contributed by atoms with Crippen LogP contribution in [0.1, 0.15) is 46.0 Å². The molecule has 0 spiro atoms. The van der Waals surface area contributed by atoms with E-state index in [0.717, 1.165) is 11.8 Å². The fourth-order valence-electron chi connectivity index (χ4n) is 3.62. The fourth-order valence-corrected chi connectivity index (χ4v) is 3.62. The normalized spacial score (nSPS) is 30.7. The lowest BCUT2D eigenvalue weighted by atomic mass is 9.84. The smallest absolute Gasteiger partial charge is 0.00221 e. The molecule has 0 aromatic heterocycles. The van der Waals surface area contributed by atoms with Gasteiger partial charge in [-0.25, -0.2) is 0 Å². The Morgan fingerprint density at radius 1 is 0.765 bits per heavy atom. The highest BCUT2D eigenvalue weighted by atomic mass is 15.2. The Kier molecular flexibility index (Phi) is 5.30. The van der Waals surface area contributed by atoms with Gasteiger partial charge in [-0.05, 0) is 44.2 Å². The van der Waals surface area contributed by atoms with E-state index in [4.69, 9.17) is 0 Å². The van der Waals surface area contributed by atoms with Gasteiger partial charge in [-0.3, -0.25) is 0 Å². The molecule has 2 bridgehead atoms. The van der Waals surface area contributed by atoms with E-state index >= 15 is 0 Å². The highest BCUT2D eigenvalue weighted by Crippen LogP contribution is 2.28. The summed E-state index contributed by atoms with van der Waals surface area (Å²) in [6, 6.07) is 0. The third-order valence-corrected chi connectivity index (χ3v) is 4.39. The first kappa shape index (κ1) is 13.4. The van der Waals surface area contributed by atoms with Crippen LogP contribution in [0.15, 0.2) is 0 Å². The van der Waals surface area contributed by atoms with E-state index < -0.39 is 0 Å². The van der Waals surface area contributed by atoms with E-state index in [1.54, 1.807) is 0 Å². The first-order valence-corrected chi connectivity index (χ1v) is 7.76. The molecule has 0 aliphatic carbocycles. The first-order chi connectivity index (χ1) is 8.31. The zero-order valence-electron chi connectivity index (χ0n) is 11.8. The lowest BCUT2D eigenvalue weighted by Crippen LogP contribution is -2.52. The average Bonchev–Trinajstić information content (AvgIpc) is 2.33. The maximum atomic E-state index is 2.74. The van der Waals surface area contributed by atoms with E-state index in [2.05, 4.69) is 23.6 Å². The van der Waals surface area contributed by atoms with Crippen LogP contribution in [0.5, 0.6) is 0 Å². The minimum absolute atomic E-state index is 0.969. The summed E-state index contributed by atoms with van der Waals surface area (Å²) in [5, 5.41) is 0. The number of rotatable bonds is 6. The summed E-state index contributed by atoms with van der Waals surface area (Å²) >= 11 is 0. The van der Waals surface area contributed by atoms with Crippen LogP contribution < -0.4 is 0 Å². The van der Waals surface area contributed by atoms with Crippen molar-refractivity contribution in [2.24, 2.45) is 11.8 Å². The molecule has 2 fully saturated rings. The number of hydrogen-bond donors (Lipinski definition) is 0. The molecule has 2 aliphatic heterocycles. The molecule has 2 saturated heterocycles. The Balaban J connectivity index is 1.76. The van der Waals surface area contributed by atoms with Gasteiger partial charge in [-0.1, -0.05) is 26.7 Å². The topological polar surface area (TPSA) is 6.48 Å². The van der Waals surface area contributed by atoms with Gasteiger partial charge in [0, 0.05) is 26.2 Å². The van der Waals surface area contributed by atoms with Gasteiger partial charge in [0.2, 0.25) is 0 Å². The molecule has 100 valence electrons. The zero-order chi connectivity index (χ0) is 12.1. The van der Waals surface area contributed by atoms with E-state index in [1.807, 2.05) is 0 Å². The molecule has 0 aromatic carbocycles. The maximum absolute atomic E-state index is 2.74. The number of piperidine rings is 2. The van der Waals surface area contributed by atoms with Crippen molar-refractivity contribution in [3.8, 4) is 0 Å². The second kappa shape index (κ2) is 6.75. The Hall–Kier alpha value is -0.0800. The summed E-state index contributed by atoms with van der Waals surface area (Å²) in [5.74, 6) is 1.94. The molecule has 0 radical (unpaired) electrons. The Labute approximate surface area is 107 Å². The van der Waals surface area contributed by atoms with E-state index in [1.165, 1.54) is 71.4 Å². The van der Waals surface area contributed by atoms with Crippen LogP contribution in [-0.4, -0.2) is 49.1 Å². The third-order valence-electron chi connectivity index (χ3n) is 4.39. The van der Waals surface area contributed by atoms with E-state index in [9.17, 15) is 0 Å². The predicted octanol–water partition coefficient (Wildman–Crippen LogP) is 2.84. The third kappa shape index (κ3) is 3.96. The van der Waals surface area contributed by atoms with Crippen LogP contribution in [0.4, 0.5) is 0 Å². The predicted molar refractivity (Wildman–Crippen MR) is 74.3 cm³/mol. The standard InChI is InChI=1S/C15H30N2/c1-3-5-7-16-10-14-9-15(11-16)13-17(12-14)8-6-4-2/h14-15H,3-13H2,1-2H3. The second-order valence-electron chi connectivity index (χ2n) is 6.19. The summed E-state index contributed by atoms with van der Waals surface area (Å²) < 4.78 is 0. The summed E-state index contributed by atoms with van der Waals surface area (Å²) in [5.41, 5.74) is 0. The maximum Gasteiger partial charge on any atom is 0.00221 e. The zero-order valence-corrected chi connectivity index (χ0v) is 11.8. The van der Waals surface area contributed by atoms with Crippen molar-refractivity contribution in [2.45, 2.75) is 46.0 Å². The summed E-state index contributed by atoms with van der Waals surface area (Å²) in [6.45, 7) is 12.8. The number of fused-ring (bicyclic) bond motifs is 2. The van der Waals surface area contributed by atoms with Gasteiger partial charge in [-0.15, -0.1) is 0 Å². The number of nitrogens with zero attached hydrogens (tertiary/aromatic N) is 2. The van der Waals surface area contributed by atoms with Crippen molar-refractivity contribution in [2.75, 3.05) is 39.3 Å². The molecule has 2 rings (SSSR count). The van der Waals surface area contributed by atoms with Crippen LogP contribution in [-0.2, 0) is 0 Å². The van der Waals surface area contributed by atoms with Crippen molar-refractivity contribution in [3.05, 3.63) is 0 Å². The average molecular weight is 238 g/mol. The van der Waals surface area contributed by atoms with Crippen molar-refractivity contribution >= 4 is 0 Å². The SMILES string of the molecule is CCCCN1CC2CC(C1)CN(CCCC)C2. The molecule has 2 heteroatoms. The molecule has 17 heavy (non-hydrogen) atoms. The van der Waals surface area contributed by atoms with Gasteiger partial charge >= 0.3 is 0 Å². The van der Waals surface area contributed by atoms with Gasteiger partial charge in [0.1, 0.15) is 0 Å². The lowest BCUT2D eigenvalue weighted by molar-refractivity contribution is 0.0303. The first-order valence-electron chi connectivity index (χ1n) is 7.76. The molecule has 2 heterocycles.